The second-order valence-corrected chi connectivity index (χ2v) is 4.35. The van der Waals surface area contributed by atoms with Crippen LogP contribution in [0.1, 0.15) is 19.4 Å². The first kappa shape index (κ1) is 10.9. The summed E-state index contributed by atoms with van der Waals surface area (Å²) in [4.78, 5) is 4.14. The van der Waals surface area contributed by atoms with E-state index < -0.39 is 5.60 Å². The van der Waals surface area contributed by atoms with Crippen molar-refractivity contribution in [2.24, 2.45) is 0 Å². The van der Waals surface area contributed by atoms with Gasteiger partial charge in [-0.3, -0.25) is 0 Å². The summed E-state index contributed by atoms with van der Waals surface area (Å²) in [6, 6.07) is 7.71. The van der Waals surface area contributed by atoms with Gasteiger partial charge in [0.05, 0.1) is 12.7 Å². The number of methoxy groups -OCH3 is 1. The molecule has 3 nitrogen and oxygen atoms in total. The van der Waals surface area contributed by atoms with E-state index in [0.717, 1.165) is 16.3 Å². The highest BCUT2D eigenvalue weighted by Crippen LogP contribution is 2.25. The van der Waals surface area contributed by atoms with Crippen LogP contribution in [0.25, 0.3) is 10.8 Å². The Hall–Kier alpha value is -1.61. The van der Waals surface area contributed by atoms with Crippen LogP contribution in [0.3, 0.4) is 0 Å². The fourth-order valence-corrected chi connectivity index (χ4v) is 1.61. The maximum Gasteiger partial charge on any atom is 0.213 e. The van der Waals surface area contributed by atoms with Crippen LogP contribution in [0, 0.1) is 0 Å². The van der Waals surface area contributed by atoms with Crippen LogP contribution >= 0.6 is 0 Å². The minimum absolute atomic E-state index is 0.600. The summed E-state index contributed by atoms with van der Waals surface area (Å²) in [5.74, 6) is 0.600. The number of ether oxygens (including phenoxy) is 1. The highest BCUT2D eigenvalue weighted by Gasteiger charge is 2.15. The molecule has 0 amide bonds. The van der Waals surface area contributed by atoms with Crippen molar-refractivity contribution in [3.8, 4) is 5.88 Å². The second-order valence-electron chi connectivity index (χ2n) is 4.35. The number of aliphatic hydroxyl groups is 1. The van der Waals surface area contributed by atoms with Crippen LogP contribution in [0.15, 0.2) is 30.5 Å². The molecule has 0 unspecified atom stereocenters. The predicted molar refractivity (Wildman–Crippen MR) is 63.5 cm³/mol. The largest absolute Gasteiger partial charge is 0.481 e. The molecule has 0 saturated heterocycles. The lowest BCUT2D eigenvalue weighted by atomic mass is 9.96. The number of aromatic nitrogens is 1. The minimum Gasteiger partial charge on any atom is -0.481 e. The zero-order valence-corrected chi connectivity index (χ0v) is 9.69. The zero-order chi connectivity index (χ0) is 11.8. The maximum absolute atomic E-state index is 9.90. The van der Waals surface area contributed by atoms with Crippen LogP contribution < -0.4 is 4.74 Å². The minimum atomic E-state index is -0.825. The van der Waals surface area contributed by atoms with Crippen molar-refractivity contribution in [3.63, 3.8) is 0 Å². The highest BCUT2D eigenvalue weighted by molar-refractivity contribution is 5.83. The van der Waals surface area contributed by atoms with Gasteiger partial charge >= 0.3 is 0 Å². The number of hydrogen-bond acceptors (Lipinski definition) is 3. The molecular weight excluding hydrogens is 202 g/mol. The number of pyridine rings is 1. The van der Waals surface area contributed by atoms with Gasteiger partial charge in [-0.25, -0.2) is 4.98 Å². The average Bonchev–Trinajstić information content (AvgIpc) is 2.26. The Bertz CT molecular complexity index is 515. The molecule has 0 atom stereocenters. The van der Waals surface area contributed by atoms with Gasteiger partial charge < -0.3 is 9.84 Å². The Morgan fingerprint density at radius 2 is 1.94 bits per heavy atom. The SMILES string of the molecule is COc1cc2ccc(C(C)(C)O)cc2cn1. The van der Waals surface area contributed by atoms with Crippen LogP contribution in [0.5, 0.6) is 5.88 Å². The number of fused-ring (bicyclic) bond motifs is 1. The summed E-state index contributed by atoms with van der Waals surface area (Å²) in [6.45, 7) is 3.54. The molecule has 0 aliphatic carbocycles. The third-order valence-corrected chi connectivity index (χ3v) is 2.61. The molecule has 0 aliphatic heterocycles. The maximum atomic E-state index is 9.90. The lowest BCUT2D eigenvalue weighted by molar-refractivity contribution is 0.0787. The quantitative estimate of drug-likeness (QED) is 0.840. The van der Waals surface area contributed by atoms with Crippen molar-refractivity contribution in [1.82, 2.24) is 4.98 Å². The van der Waals surface area contributed by atoms with E-state index in [-0.39, 0.29) is 0 Å². The molecule has 0 bridgehead atoms. The van der Waals surface area contributed by atoms with E-state index in [0.29, 0.717) is 5.88 Å². The Morgan fingerprint density at radius 1 is 1.19 bits per heavy atom. The topological polar surface area (TPSA) is 42.4 Å². The molecule has 1 aromatic carbocycles. The van der Waals surface area contributed by atoms with E-state index in [1.165, 1.54) is 0 Å². The Labute approximate surface area is 94.7 Å². The molecule has 2 aromatic rings. The lowest BCUT2D eigenvalue weighted by Gasteiger charge is -2.18. The molecule has 0 radical (unpaired) electrons. The first-order valence-corrected chi connectivity index (χ1v) is 5.17. The molecule has 1 aromatic heterocycles. The first-order chi connectivity index (χ1) is 7.50. The van der Waals surface area contributed by atoms with E-state index in [9.17, 15) is 5.11 Å². The van der Waals surface area contributed by atoms with Crippen molar-refractivity contribution in [2.45, 2.75) is 19.4 Å². The molecule has 1 heterocycles. The third-order valence-electron chi connectivity index (χ3n) is 2.61. The molecule has 0 saturated carbocycles. The Morgan fingerprint density at radius 3 is 2.56 bits per heavy atom. The predicted octanol–water partition coefficient (Wildman–Crippen LogP) is 2.47. The van der Waals surface area contributed by atoms with Crippen molar-refractivity contribution >= 4 is 10.8 Å². The smallest absolute Gasteiger partial charge is 0.213 e. The van der Waals surface area contributed by atoms with Crippen LogP contribution in [-0.4, -0.2) is 17.2 Å². The third kappa shape index (κ3) is 1.99. The van der Waals surface area contributed by atoms with Gasteiger partial charge in [0, 0.05) is 17.6 Å². The van der Waals surface area contributed by atoms with Gasteiger partial charge in [-0.2, -0.15) is 0 Å². The lowest BCUT2D eigenvalue weighted by Crippen LogP contribution is -2.15. The molecule has 2 rings (SSSR count). The number of benzene rings is 1. The zero-order valence-electron chi connectivity index (χ0n) is 9.69. The van der Waals surface area contributed by atoms with Gasteiger partial charge in [0.1, 0.15) is 0 Å². The summed E-state index contributed by atoms with van der Waals surface area (Å²) in [5, 5.41) is 12.0. The van der Waals surface area contributed by atoms with Gasteiger partial charge in [-0.05, 0) is 30.9 Å². The summed E-state index contributed by atoms with van der Waals surface area (Å²) in [5.41, 5.74) is 0.0562. The fraction of sp³-hybridized carbons (Fsp3) is 0.308. The van der Waals surface area contributed by atoms with Gasteiger partial charge in [-0.1, -0.05) is 12.1 Å². The standard InChI is InChI=1S/C13H15NO2/c1-13(2,15)11-5-4-9-7-12(16-3)14-8-10(9)6-11/h4-8,15H,1-3H3. The Balaban J connectivity index is 2.56. The van der Waals surface area contributed by atoms with Crippen LogP contribution in [-0.2, 0) is 5.60 Å². The summed E-state index contributed by atoms with van der Waals surface area (Å²) < 4.78 is 5.06. The number of rotatable bonds is 2. The van der Waals surface area contributed by atoms with Gasteiger partial charge in [0.2, 0.25) is 5.88 Å². The van der Waals surface area contributed by atoms with E-state index in [2.05, 4.69) is 4.98 Å². The van der Waals surface area contributed by atoms with E-state index >= 15 is 0 Å². The van der Waals surface area contributed by atoms with Crippen molar-refractivity contribution in [1.29, 1.82) is 0 Å². The van der Waals surface area contributed by atoms with Gasteiger partial charge in [0.25, 0.3) is 0 Å². The molecule has 0 aliphatic rings. The normalized spacial score (nSPS) is 11.8. The summed E-state index contributed by atoms with van der Waals surface area (Å²) >= 11 is 0. The van der Waals surface area contributed by atoms with Crippen molar-refractivity contribution in [3.05, 3.63) is 36.0 Å². The van der Waals surface area contributed by atoms with Crippen LogP contribution in [0.4, 0.5) is 0 Å². The van der Waals surface area contributed by atoms with Crippen LogP contribution in [0.2, 0.25) is 0 Å². The molecule has 0 spiro atoms. The summed E-state index contributed by atoms with van der Waals surface area (Å²) in [7, 11) is 1.60. The first-order valence-electron chi connectivity index (χ1n) is 5.17. The average molecular weight is 217 g/mol. The molecule has 84 valence electrons. The Kier molecular flexibility index (Phi) is 2.56. The van der Waals surface area contributed by atoms with E-state index in [1.807, 2.05) is 24.3 Å². The molecule has 1 N–H and O–H groups in total. The van der Waals surface area contributed by atoms with Gasteiger partial charge in [0.15, 0.2) is 0 Å². The van der Waals surface area contributed by atoms with E-state index in [1.54, 1.807) is 27.2 Å². The second kappa shape index (κ2) is 3.76. The monoisotopic (exact) mass is 217 g/mol. The molecule has 16 heavy (non-hydrogen) atoms. The fourth-order valence-electron chi connectivity index (χ4n) is 1.61. The van der Waals surface area contributed by atoms with Crippen molar-refractivity contribution in [2.75, 3.05) is 7.11 Å². The number of nitrogens with zero attached hydrogens (tertiary/aromatic N) is 1. The molecule has 3 heteroatoms. The van der Waals surface area contributed by atoms with E-state index in [4.69, 9.17) is 4.74 Å². The highest BCUT2D eigenvalue weighted by atomic mass is 16.5. The van der Waals surface area contributed by atoms with Crippen molar-refractivity contribution < 1.29 is 9.84 Å². The number of hydrogen-bond donors (Lipinski definition) is 1. The summed E-state index contributed by atoms with van der Waals surface area (Å²) in [6.07, 6.45) is 1.75. The molecule has 0 fully saturated rings. The van der Waals surface area contributed by atoms with Gasteiger partial charge in [-0.15, -0.1) is 0 Å². The molecular formula is C13H15NO2.